The fourth-order valence-electron chi connectivity index (χ4n) is 5.81. The van der Waals surface area contributed by atoms with Gasteiger partial charge < -0.3 is 20.3 Å². The highest BCUT2D eigenvalue weighted by Crippen LogP contribution is 2.37. The second kappa shape index (κ2) is 13.2. The Labute approximate surface area is 251 Å². The Kier molecular flexibility index (Phi) is 10.1. The number of β-amino-alcohol motifs (C(OH)–C–C–N with tert-alkyl or cyclic N) is 1. The number of aliphatic hydroxyl groups excluding tert-OH is 1. The number of carbonyl (C=O) groups is 1. The Hall–Kier alpha value is -2.88. The summed E-state index contributed by atoms with van der Waals surface area (Å²) in [4.78, 5) is 13.8. The van der Waals surface area contributed by atoms with Gasteiger partial charge in [0.1, 0.15) is 0 Å². The highest BCUT2D eigenvalue weighted by atomic mass is 32.2. The second-order valence-corrected chi connectivity index (χ2v) is 14.9. The van der Waals surface area contributed by atoms with Crippen LogP contribution in [0.3, 0.4) is 0 Å². The monoisotopic (exact) mass is 596 g/mol. The first-order chi connectivity index (χ1) is 19.8. The number of nitrogens with zero attached hydrogens (tertiary/aromatic N) is 2. The molecule has 1 aliphatic rings. The van der Waals surface area contributed by atoms with Gasteiger partial charge in [-0.05, 0) is 69.2 Å². The fourth-order valence-corrected chi connectivity index (χ4v) is 7.01. The van der Waals surface area contributed by atoms with Crippen LogP contribution in [0.5, 0.6) is 0 Å². The molecule has 0 saturated heterocycles. The number of aliphatic hydroxyl groups is 1. The van der Waals surface area contributed by atoms with Gasteiger partial charge in [-0.3, -0.25) is 9.10 Å². The minimum absolute atomic E-state index is 0.0225. The molecule has 1 aliphatic heterocycles. The predicted octanol–water partition coefficient (Wildman–Crippen LogP) is 4.88. The number of amides is 1. The van der Waals surface area contributed by atoms with E-state index in [1.54, 1.807) is 13.1 Å². The van der Waals surface area contributed by atoms with E-state index >= 15 is 0 Å². The van der Waals surface area contributed by atoms with E-state index in [0.717, 1.165) is 41.3 Å². The van der Waals surface area contributed by atoms with Gasteiger partial charge >= 0.3 is 0 Å². The van der Waals surface area contributed by atoms with Crippen LogP contribution in [0.25, 0.3) is 10.9 Å². The Balaban J connectivity index is 1.60. The number of hydrogen-bond acceptors (Lipinski definition) is 5. The summed E-state index contributed by atoms with van der Waals surface area (Å²) in [6.45, 7) is 11.8. The number of aromatic nitrogens is 1. The van der Waals surface area contributed by atoms with Crippen LogP contribution in [0, 0.1) is 5.92 Å². The van der Waals surface area contributed by atoms with Gasteiger partial charge in [0.25, 0.3) is 5.91 Å². The highest BCUT2D eigenvalue weighted by Gasteiger charge is 2.30. The van der Waals surface area contributed by atoms with Crippen molar-refractivity contribution >= 4 is 32.5 Å². The molecular formula is C33H48N4O4S. The van der Waals surface area contributed by atoms with E-state index < -0.39 is 22.2 Å². The van der Waals surface area contributed by atoms with E-state index in [0.29, 0.717) is 43.1 Å². The molecule has 9 heteroatoms. The molecule has 1 aromatic heterocycles. The quantitative estimate of drug-likeness (QED) is 0.261. The van der Waals surface area contributed by atoms with Gasteiger partial charge in [0.05, 0.1) is 29.1 Å². The number of nitrogens with one attached hydrogen (secondary N) is 2. The van der Waals surface area contributed by atoms with Crippen LogP contribution < -0.4 is 14.9 Å². The van der Waals surface area contributed by atoms with Gasteiger partial charge in [-0.25, -0.2) is 8.42 Å². The van der Waals surface area contributed by atoms with Crippen LogP contribution in [-0.2, 0) is 29.4 Å². The van der Waals surface area contributed by atoms with Crippen molar-refractivity contribution in [2.24, 2.45) is 5.92 Å². The minimum Gasteiger partial charge on any atom is -0.390 e. The van der Waals surface area contributed by atoms with Crippen molar-refractivity contribution in [2.45, 2.75) is 91.0 Å². The van der Waals surface area contributed by atoms with Crippen LogP contribution in [-0.4, -0.2) is 61.0 Å². The zero-order chi connectivity index (χ0) is 30.7. The summed E-state index contributed by atoms with van der Waals surface area (Å²) >= 11 is 0. The van der Waals surface area contributed by atoms with Crippen molar-refractivity contribution in [3.63, 3.8) is 0 Å². The third-order valence-corrected chi connectivity index (χ3v) is 10.2. The molecule has 0 spiro atoms. The maximum atomic E-state index is 13.8. The van der Waals surface area contributed by atoms with Gasteiger partial charge in [-0.2, -0.15) is 0 Å². The zero-order valence-electron chi connectivity index (χ0n) is 26.0. The lowest BCUT2D eigenvalue weighted by Gasteiger charge is -2.31. The van der Waals surface area contributed by atoms with E-state index in [-0.39, 0.29) is 17.2 Å². The van der Waals surface area contributed by atoms with E-state index in [1.165, 1.54) is 4.31 Å². The third-order valence-electron chi connectivity index (χ3n) is 8.48. The molecule has 0 saturated carbocycles. The van der Waals surface area contributed by atoms with Crippen LogP contribution in [0.15, 0.2) is 48.7 Å². The molecule has 2 aromatic carbocycles. The number of anilines is 1. The maximum absolute atomic E-state index is 13.8. The molecule has 1 amide bonds. The number of benzene rings is 2. The topological polar surface area (TPSA) is 104 Å². The number of aryl methyl sites for hydroxylation is 2. The third kappa shape index (κ3) is 7.54. The number of rotatable bonds is 13. The first-order valence-electron chi connectivity index (χ1n) is 15.2. The van der Waals surface area contributed by atoms with Crippen molar-refractivity contribution in [3.8, 4) is 0 Å². The first kappa shape index (κ1) is 32.0. The molecule has 8 nitrogen and oxygen atoms in total. The first-order valence-corrected chi connectivity index (χ1v) is 16.8. The van der Waals surface area contributed by atoms with Crippen molar-refractivity contribution in [1.82, 2.24) is 15.2 Å². The van der Waals surface area contributed by atoms with Crippen molar-refractivity contribution in [2.75, 3.05) is 23.7 Å². The molecule has 0 unspecified atom stereocenters. The Morgan fingerprint density at radius 1 is 1.14 bits per heavy atom. The summed E-state index contributed by atoms with van der Waals surface area (Å²) in [6, 6.07) is 12.8. The number of carbonyl (C=O) groups excluding carboxylic acids is 1. The molecule has 3 aromatic rings. The average Bonchev–Trinajstić information content (AvgIpc) is 3.27. The molecule has 0 fully saturated rings. The Morgan fingerprint density at radius 2 is 1.86 bits per heavy atom. The normalized spacial score (nSPS) is 16.4. The lowest BCUT2D eigenvalue weighted by atomic mass is 9.93. The largest absolute Gasteiger partial charge is 0.390 e. The summed E-state index contributed by atoms with van der Waals surface area (Å²) in [6.07, 6.45) is 5.31. The van der Waals surface area contributed by atoms with Crippen molar-refractivity contribution < 1.29 is 18.3 Å². The number of hydrogen-bond donors (Lipinski definition) is 3. The zero-order valence-corrected chi connectivity index (χ0v) is 26.8. The lowest BCUT2D eigenvalue weighted by Crippen LogP contribution is -2.52. The molecule has 0 aliphatic carbocycles. The SMILES string of the molecule is CCn1cc2c3c(cc(C(=O)N[C@@H](Cc4ccccc4)[C@H](O)CNC(C)(C)CCCC(C)C)cc31)N(C)S(=O)(=O)CC2. The van der Waals surface area contributed by atoms with Crippen LogP contribution in [0.4, 0.5) is 5.69 Å². The molecular weight excluding hydrogens is 548 g/mol. The maximum Gasteiger partial charge on any atom is 0.251 e. The van der Waals surface area contributed by atoms with E-state index in [1.807, 2.05) is 49.5 Å². The van der Waals surface area contributed by atoms with Gasteiger partial charge in [-0.1, -0.05) is 57.0 Å². The van der Waals surface area contributed by atoms with Crippen LogP contribution in [0.1, 0.15) is 75.4 Å². The Morgan fingerprint density at radius 3 is 2.52 bits per heavy atom. The van der Waals surface area contributed by atoms with Crippen LogP contribution >= 0.6 is 0 Å². The average molecular weight is 597 g/mol. The highest BCUT2D eigenvalue weighted by molar-refractivity contribution is 7.92. The minimum atomic E-state index is -3.51. The van der Waals surface area contributed by atoms with E-state index in [2.05, 4.69) is 42.9 Å². The molecule has 4 rings (SSSR count). The Bertz CT molecular complexity index is 1480. The summed E-state index contributed by atoms with van der Waals surface area (Å²) in [5.74, 6) is 0.334. The molecule has 2 atom stereocenters. The summed E-state index contributed by atoms with van der Waals surface area (Å²) < 4.78 is 29.3. The van der Waals surface area contributed by atoms with Crippen LogP contribution in [0.2, 0.25) is 0 Å². The number of sulfonamides is 1. The lowest BCUT2D eigenvalue weighted by molar-refractivity contribution is 0.0812. The van der Waals surface area contributed by atoms with E-state index in [4.69, 9.17) is 0 Å². The molecule has 42 heavy (non-hydrogen) atoms. The molecule has 2 heterocycles. The molecule has 230 valence electrons. The predicted molar refractivity (Wildman–Crippen MR) is 172 cm³/mol. The molecule has 3 N–H and O–H groups in total. The van der Waals surface area contributed by atoms with Gasteiger partial charge in [0.2, 0.25) is 10.0 Å². The van der Waals surface area contributed by atoms with Gasteiger partial charge in [0, 0.05) is 42.8 Å². The fraction of sp³-hybridized carbons (Fsp3) is 0.545. The van der Waals surface area contributed by atoms with Crippen molar-refractivity contribution in [1.29, 1.82) is 0 Å². The van der Waals surface area contributed by atoms with Gasteiger partial charge in [0.15, 0.2) is 0 Å². The second-order valence-electron chi connectivity index (χ2n) is 12.8. The standard InChI is InChI=1S/C33H48N4O4S/c1-7-37-22-25-15-17-42(40,41)36(6)28-19-26(20-29(37)31(25)28)32(39)35-27(18-24-13-9-8-10-14-24)30(38)21-34-33(4,5)16-11-12-23(2)3/h8-10,13-14,19-20,22-23,27,30,34,38H,7,11-12,15-18,21H2,1-6H3,(H,35,39)/t27-,30+/m0/s1. The summed E-state index contributed by atoms with van der Waals surface area (Å²) in [5, 5.41) is 18.9. The summed E-state index contributed by atoms with van der Waals surface area (Å²) in [7, 11) is -1.95. The van der Waals surface area contributed by atoms with Crippen molar-refractivity contribution in [3.05, 3.63) is 65.4 Å². The van der Waals surface area contributed by atoms with Gasteiger partial charge in [-0.15, -0.1) is 0 Å². The van der Waals surface area contributed by atoms with E-state index in [9.17, 15) is 18.3 Å². The summed E-state index contributed by atoms with van der Waals surface area (Å²) in [5.41, 5.74) is 3.55. The molecule has 0 radical (unpaired) electrons. The smallest absolute Gasteiger partial charge is 0.251 e. The molecule has 0 bridgehead atoms.